The number of hydrogen-bond donors (Lipinski definition) is 2. The molecule has 1 fully saturated rings. The molecule has 0 atom stereocenters. The van der Waals surface area contributed by atoms with Crippen LogP contribution in [0.15, 0.2) is 42.6 Å². The third-order valence-corrected chi connectivity index (χ3v) is 3.69. The summed E-state index contributed by atoms with van der Waals surface area (Å²) in [6, 6.07) is 12.2. The molecule has 4 rings (SSSR count). The molecule has 2 aromatic heterocycles. The van der Waals surface area contributed by atoms with Gasteiger partial charge in [0.05, 0.1) is 11.4 Å². The van der Waals surface area contributed by atoms with E-state index in [0.717, 1.165) is 16.9 Å². The first-order valence-electron chi connectivity index (χ1n) is 6.77. The van der Waals surface area contributed by atoms with Crippen LogP contribution in [-0.2, 0) is 0 Å². The van der Waals surface area contributed by atoms with Gasteiger partial charge in [0, 0.05) is 23.9 Å². The van der Waals surface area contributed by atoms with Gasteiger partial charge in [0.2, 0.25) is 0 Å². The monoisotopic (exact) mass is 265 g/mol. The minimum Gasteiger partial charge on any atom is -0.382 e. The van der Waals surface area contributed by atoms with E-state index in [2.05, 4.69) is 45.6 Å². The fraction of sp³-hybridized carbons (Fsp3) is 0.200. The Bertz CT molecular complexity index is 734. The van der Waals surface area contributed by atoms with Gasteiger partial charge in [0.1, 0.15) is 5.82 Å². The summed E-state index contributed by atoms with van der Waals surface area (Å²) in [7, 11) is 0. The van der Waals surface area contributed by atoms with Gasteiger partial charge >= 0.3 is 0 Å². The number of hydrogen-bond acceptors (Lipinski definition) is 3. The molecule has 0 spiro atoms. The molecule has 0 amide bonds. The maximum atomic E-state index is 5.63. The van der Waals surface area contributed by atoms with Crippen LogP contribution in [0.4, 0.5) is 5.82 Å². The molecule has 3 aromatic rings. The quantitative estimate of drug-likeness (QED) is 0.764. The topological polar surface area (TPSA) is 72.5 Å². The van der Waals surface area contributed by atoms with Gasteiger partial charge in [0.25, 0.3) is 0 Å². The highest BCUT2D eigenvalue weighted by Gasteiger charge is 2.27. The van der Waals surface area contributed by atoms with Gasteiger partial charge < -0.3 is 5.73 Å². The molecule has 20 heavy (non-hydrogen) atoms. The van der Waals surface area contributed by atoms with Gasteiger partial charge in [-0.1, -0.05) is 12.1 Å². The highest BCUT2D eigenvalue weighted by molar-refractivity contribution is 5.63. The third kappa shape index (κ3) is 1.87. The Labute approximate surface area is 116 Å². The largest absolute Gasteiger partial charge is 0.382 e. The van der Waals surface area contributed by atoms with Gasteiger partial charge in [-0.05, 0) is 36.6 Å². The second kappa shape index (κ2) is 4.23. The minimum atomic E-state index is 0.507. The van der Waals surface area contributed by atoms with Crippen LogP contribution < -0.4 is 5.73 Å². The molecule has 0 radical (unpaired) electrons. The van der Waals surface area contributed by atoms with Gasteiger partial charge in [0.15, 0.2) is 0 Å². The van der Waals surface area contributed by atoms with Gasteiger partial charge in [-0.3, -0.25) is 5.10 Å². The lowest BCUT2D eigenvalue weighted by Gasteiger charge is -2.07. The van der Waals surface area contributed by atoms with E-state index in [-0.39, 0.29) is 0 Å². The van der Waals surface area contributed by atoms with E-state index in [1.165, 1.54) is 18.5 Å². The third-order valence-electron chi connectivity index (χ3n) is 3.69. The summed E-state index contributed by atoms with van der Waals surface area (Å²) >= 11 is 0. The van der Waals surface area contributed by atoms with Crippen LogP contribution in [0.25, 0.3) is 16.9 Å². The number of aromatic nitrogens is 4. The molecule has 0 bridgehead atoms. The number of nitrogens with zero attached hydrogens (tertiary/aromatic N) is 3. The molecule has 0 aliphatic heterocycles. The minimum absolute atomic E-state index is 0.507. The predicted molar refractivity (Wildman–Crippen MR) is 77.5 cm³/mol. The van der Waals surface area contributed by atoms with Crippen LogP contribution in [0.2, 0.25) is 0 Å². The maximum Gasteiger partial charge on any atom is 0.145 e. The normalized spacial score (nSPS) is 14.6. The van der Waals surface area contributed by atoms with E-state index in [0.29, 0.717) is 11.7 Å². The van der Waals surface area contributed by atoms with E-state index < -0.39 is 0 Å². The van der Waals surface area contributed by atoms with Crippen molar-refractivity contribution in [3.63, 3.8) is 0 Å². The molecular weight excluding hydrogens is 250 g/mol. The second-order valence-electron chi connectivity index (χ2n) is 5.20. The van der Waals surface area contributed by atoms with Crippen molar-refractivity contribution in [2.24, 2.45) is 0 Å². The van der Waals surface area contributed by atoms with E-state index in [4.69, 9.17) is 5.73 Å². The summed E-state index contributed by atoms with van der Waals surface area (Å²) in [5, 5.41) is 11.3. The molecule has 1 aliphatic carbocycles. The van der Waals surface area contributed by atoms with Crippen LogP contribution in [0, 0.1) is 0 Å². The Morgan fingerprint density at radius 1 is 1.15 bits per heavy atom. The summed E-state index contributed by atoms with van der Waals surface area (Å²) in [4.78, 5) is 0. The Balaban J connectivity index is 1.68. The lowest BCUT2D eigenvalue weighted by molar-refractivity contribution is 0.808. The average Bonchev–Trinajstić information content (AvgIpc) is 3.04. The molecule has 1 aliphatic rings. The fourth-order valence-electron chi connectivity index (χ4n) is 2.48. The standard InChI is InChI=1S/C15H15N5/c16-15-9-13(18-19-15)10-3-5-12(6-4-10)20-14(7-8-17-20)11-1-2-11/h3-9,11H,1-2H2,(H3,16,18,19). The number of benzene rings is 1. The number of nitrogens with one attached hydrogen (secondary N) is 1. The van der Waals surface area contributed by atoms with Crippen molar-refractivity contribution in [3.05, 3.63) is 48.3 Å². The zero-order chi connectivity index (χ0) is 13.5. The molecule has 100 valence electrons. The zero-order valence-electron chi connectivity index (χ0n) is 11.0. The van der Waals surface area contributed by atoms with Crippen LogP contribution in [-0.4, -0.2) is 20.0 Å². The van der Waals surface area contributed by atoms with E-state index >= 15 is 0 Å². The average molecular weight is 265 g/mol. The molecular formula is C15H15N5. The number of H-pyrrole nitrogens is 1. The van der Waals surface area contributed by atoms with Crippen molar-refractivity contribution in [2.75, 3.05) is 5.73 Å². The Morgan fingerprint density at radius 2 is 1.95 bits per heavy atom. The van der Waals surface area contributed by atoms with Crippen LogP contribution in [0.5, 0.6) is 0 Å². The SMILES string of the molecule is Nc1cc(-c2ccc(-n3nccc3C3CC3)cc2)[nH]n1. The maximum absolute atomic E-state index is 5.63. The van der Waals surface area contributed by atoms with Gasteiger partial charge in [-0.15, -0.1) is 0 Å². The Kier molecular flexibility index (Phi) is 2.39. The molecule has 5 heteroatoms. The van der Waals surface area contributed by atoms with Crippen molar-refractivity contribution in [1.29, 1.82) is 0 Å². The van der Waals surface area contributed by atoms with Crippen molar-refractivity contribution in [1.82, 2.24) is 20.0 Å². The summed E-state index contributed by atoms with van der Waals surface area (Å²) in [5.41, 5.74) is 10.0. The summed E-state index contributed by atoms with van der Waals surface area (Å²) in [6.07, 6.45) is 4.42. The second-order valence-corrected chi connectivity index (χ2v) is 5.20. The van der Waals surface area contributed by atoms with E-state index in [9.17, 15) is 0 Å². The van der Waals surface area contributed by atoms with Crippen molar-refractivity contribution in [2.45, 2.75) is 18.8 Å². The number of rotatable bonds is 3. The first-order valence-corrected chi connectivity index (χ1v) is 6.77. The molecule has 3 N–H and O–H groups in total. The van der Waals surface area contributed by atoms with Crippen molar-refractivity contribution < 1.29 is 0 Å². The highest BCUT2D eigenvalue weighted by Crippen LogP contribution is 2.40. The number of anilines is 1. The Morgan fingerprint density at radius 3 is 2.60 bits per heavy atom. The molecule has 1 saturated carbocycles. The summed E-state index contributed by atoms with van der Waals surface area (Å²) in [6.45, 7) is 0. The van der Waals surface area contributed by atoms with Gasteiger partial charge in [-0.2, -0.15) is 10.2 Å². The first kappa shape index (κ1) is 11.3. The van der Waals surface area contributed by atoms with Crippen molar-refractivity contribution in [3.8, 4) is 16.9 Å². The van der Waals surface area contributed by atoms with Crippen LogP contribution >= 0.6 is 0 Å². The summed E-state index contributed by atoms with van der Waals surface area (Å²) in [5.74, 6) is 1.19. The molecule has 2 heterocycles. The first-order chi connectivity index (χ1) is 9.81. The highest BCUT2D eigenvalue weighted by atomic mass is 15.3. The number of nitrogens with two attached hydrogens (primary N) is 1. The zero-order valence-corrected chi connectivity index (χ0v) is 11.0. The smallest absolute Gasteiger partial charge is 0.145 e. The fourth-order valence-corrected chi connectivity index (χ4v) is 2.48. The predicted octanol–water partition coefficient (Wildman–Crippen LogP) is 2.72. The van der Waals surface area contributed by atoms with Crippen LogP contribution in [0.3, 0.4) is 0 Å². The van der Waals surface area contributed by atoms with Crippen molar-refractivity contribution >= 4 is 5.82 Å². The lowest BCUT2D eigenvalue weighted by atomic mass is 10.1. The van der Waals surface area contributed by atoms with E-state index in [1.54, 1.807) is 0 Å². The number of aromatic amines is 1. The lowest BCUT2D eigenvalue weighted by Crippen LogP contribution is -2.00. The molecule has 1 aromatic carbocycles. The van der Waals surface area contributed by atoms with E-state index in [1.807, 2.05) is 16.9 Å². The number of nitrogen functional groups attached to an aromatic ring is 1. The van der Waals surface area contributed by atoms with Gasteiger partial charge in [-0.25, -0.2) is 4.68 Å². The molecule has 5 nitrogen and oxygen atoms in total. The molecule has 0 unspecified atom stereocenters. The molecule has 0 saturated heterocycles. The van der Waals surface area contributed by atoms with Crippen LogP contribution in [0.1, 0.15) is 24.5 Å². The Hall–Kier alpha value is -2.56. The summed E-state index contributed by atoms with van der Waals surface area (Å²) < 4.78 is 2.03.